The van der Waals surface area contributed by atoms with Crippen LogP contribution < -0.4 is 14.2 Å². The number of carbonyl (C=O) groups is 2. The van der Waals surface area contributed by atoms with Crippen molar-refractivity contribution in [3.05, 3.63) is 89.5 Å². The van der Waals surface area contributed by atoms with E-state index in [1.807, 2.05) is 30.3 Å². The smallest absolute Gasteiger partial charge is 0.343 e. The van der Waals surface area contributed by atoms with Gasteiger partial charge in [0, 0.05) is 0 Å². The van der Waals surface area contributed by atoms with Crippen LogP contribution in [0.3, 0.4) is 0 Å². The second kappa shape index (κ2) is 9.41. The molecule has 0 unspecified atom stereocenters. The fourth-order valence-electron chi connectivity index (χ4n) is 2.59. The Morgan fingerprint density at radius 3 is 2.03 bits per heavy atom. The molecule has 0 spiro atoms. The molecule has 0 aliphatic heterocycles. The Morgan fingerprint density at radius 1 is 0.724 bits per heavy atom. The second-order valence-corrected chi connectivity index (χ2v) is 6.05. The second-order valence-electron chi connectivity index (χ2n) is 6.05. The molecule has 3 aromatic carbocycles. The van der Waals surface area contributed by atoms with Gasteiger partial charge >= 0.3 is 11.9 Å². The molecular formula is C23H20O6. The summed E-state index contributed by atoms with van der Waals surface area (Å²) in [6.07, 6.45) is 0. The van der Waals surface area contributed by atoms with E-state index in [1.165, 1.54) is 32.4 Å². The molecule has 0 aliphatic rings. The van der Waals surface area contributed by atoms with Crippen molar-refractivity contribution in [3.8, 4) is 17.2 Å². The van der Waals surface area contributed by atoms with Gasteiger partial charge in [-0.3, -0.25) is 0 Å². The van der Waals surface area contributed by atoms with Gasteiger partial charge in [-0.25, -0.2) is 9.59 Å². The zero-order valence-corrected chi connectivity index (χ0v) is 16.1. The maximum atomic E-state index is 12.3. The number of hydrogen-bond acceptors (Lipinski definition) is 6. The van der Waals surface area contributed by atoms with Crippen molar-refractivity contribution in [1.29, 1.82) is 0 Å². The van der Waals surface area contributed by atoms with Crippen molar-refractivity contribution < 1.29 is 28.5 Å². The third-order valence-corrected chi connectivity index (χ3v) is 4.13. The normalized spacial score (nSPS) is 10.1. The summed E-state index contributed by atoms with van der Waals surface area (Å²) >= 11 is 0. The molecule has 6 nitrogen and oxygen atoms in total. The molecule has 0 aliphatic carbocycles. The first-order valence-corrected chi connectivity index (χ1v) is 8.86. The SMILES string of the molecule is COc1ccc(C(=O)Oc2ccc(C(=O)OCc3ccccc3)cc2)cc1OC. The number of hydrogen-bond donors (Lipinski definition) is 0. The first kappa shape index (κ1) is 19.9. The lowest BCUT2D eigenvalue weighted by molar-refractivity contribution is 0.0472. The van der Waals surface area contributed by atoms with Gasteiger partial charge in [-0.05, 0) is 48.0 Å². The van der Waals surface area contributed by atoms with Gasteiger partial charge in [0.25, 0.3) is 0 Å². The van der Waals surface area contributed by atoms with E-state index < -0.39 is 11.9 Å². The summed E-state index contributed by atoms with van der Waals surface area (Å²) in [5.41, 5.74) is 1.59. The fraction of sp³-hybridized carbons (Fsp3) is 0.130. The van der Waals surface area contributed by atoms with Gasteiger partial charge in [0.05, 0.1) is 25.3 Å². The van der Waals surface area contributed by atoms with Crippen LogP contribution in [0, 0.1) is 0 Å². The molecule has 6 heteroatoms. The quantitative estimate of drug-likeness (QED) is 0.441. The number of benzene rings is 3. The minimum absolute atomic E-state index is 0.190. The van der Waals surface area contributed by atoms with E-state index in [0.717, 1.165) is 5.56 Å². The zero-order valence-electron chi connectivity index (χ0n) is 16.1. The lowest BCUT2D eigenvalue weighted by atomic mass is 10.2. The van der Waals surface area contributed by atoms with Crippen LogP contribution in [-0.4, -0.2) is 26.2 Å². The summed E-state index contributed by atoms with van der Waals surface area (Å²) in [5, 5.41) is 0. The third-order valence-electron chi connectivity index (χ3n) is 4.13. The first-order valence-electron chi connectivity index (χ1n) is 8.86. The Labute approximate surface area is 168 Å². The molecule has 0 radical (unpaired) electrons. The molecule has 0 heterocycles. The van der Waals surface area contributed by atoms with Crippen molar-refractivity contribution in [1.82, 2.24) is 0 Å². The van der Waals surface area contributed by atoms with E-state index >= 15 is 0 Å². The van der Waals surface area contributed by atoms with Crippen molar-refractivity contribution in [2.45, 2.75) is 6.61 Å². The highest BCUT2D eigenvalue weighted by Gasteiger charge is 2.14. The maximum Gasteiger partial charge on any atom is 0.343 e. The Hall–Kier alpha value is -3.80. The van der Waals surface area contributed by atoms with Crippen LogP contribution in [-0.2, 0) is 11.3 Å². The molecule has 0 saturated carbocycles. The average molecular weight is 392 g/mol. The molecule has 0 N–H and O–H groups in total. The van der Waals surface area contributed by atoms with Gasteiger partial charge in [0.15, 0.2) is 11.5 Å². The van der Waals surface area contributed by atoms with E-state index in [4.69, 9.17) is 18.9 Å². The molecule has 0 saturated heterocycles. The molecule has 3 rings (SSSR count). The number of carbonyl (C=O) groups excluding carboxylic acids is 2. The van der Waals surface area contributed by atoms with E-state index in [0.29, 0.717) is 28.4 Å². The summed E-state index contributed by atoms with van der Waals surface area (Å²) in [4.78, 5) is 24.5. The number of rotatable bonds is 7. The van der Waals surface area contributed by atoms with Gasteiger partial charge in [0.2, 0.25) is 0 Å². The molecule has 0 atom stereocenters. The van der Waals surface area contributed by atoms with E-state index in [-0.39, 0.29) is 6.61 Å². The van der Waals surface area contributed by atoms with Gasteiger partial charge in [-0.2, -0.15) is 0 Å². The predicted octanol–water partition coefficient (Wildman–Crippen LogP) is 4.28. The van der Waals surface area contributed by atoms with Crippen LogP contribution in [0.1, 0.15) is 26.3 Å². The Bertz CT molecular complexity index is 980. The Kier molecular flexibility index (Phi) is 6.47. The van der Waals surface area contributed by atoms with E-state index in [2.05, 4.69) is 0 Å². The first-order chi connectivity index (χ1) is 14.1. The Balaban J connectivity index is 1.61. The Morgan fingerprint density at radius 2 is 1.38 bits per heavy atom. The summed E-state index contributed by atoms with van der Waals surface area (Å²) in [6, 6.07) is 20.3. The van der Waals surface area contributed by atoms with Crippen molar-refractivity contribution >= 4 is 11.9 Å². The molecule has 148 valence electrons. The van der Waals surface area contributed by atoms with Crippen molar-refractivity contribution in [3.63, 3.8) is 0 Å². The highest BCUT2D eigenvalue weighted by atomic mass is 16.5. The summed E-state index contributed by atoms with van der Waals surface area (Å²) in [7, 11) is 3.00. The molecule has 0 fully saturated rings. The molecule has 0 amide bonds. The molecular weight excluding hydrogens is 372 g/mol. The van der Waals surface area contributed by atoms with Crippen LogP contribution >= 0.6 is 0 Å². The molecule has 0 aromatic heterocycles. The predicted molar refractivity (Wildman–Crippen MR) is 107 cm³/mol. The lowest BCUT2D eigenvalue weighted by Crippen LogP contribution is -2.09. The summed E-state index contributed by atoms with van der Waals surface area (Å²) in [5.74, 6) is 0.252. The number of methoxy groups -OCH3 is 2. The lowest BCUT2D eigenvalue weighted by Gasteiger charge is -2.10. The van der Waals surface area contributed by atoms with Crippen LogP contribution in [0.2, 0.25) is 0 Å². The number of esters is 2. The van der Waals surface area contributed by atoms with Gasteiger partial charge < -0.3 is 18.9 Å². The fourth-order valence-corrected chi connectivity index (χ4v) is 2.59. The minimum Gasteiger partial charge on any atom is -0.493 e. The molecule has 3 aromatic rings. The topological polar surface area (TPSA) is 71.1 Å². The average Bonchev–Trinajstić information content (AvgIpc) is 2.78. The van der Waals surface area contributed by atoms with Crippen LogP contribution in [0.4, 0.5) is 0 Å². The highest BCUT2D eigenvalue weighted by molar-refractivity contribution is 5.92. The largest absolute Gasteiger partial charge is 0.493 e. The molecule has 0 bridgehead atoms. The third kappa shape index (κ3) is 5.13. The minimum atomic E-state index is -0.551. The zero-order chi connectivity index (χ0) is 20.6. The van der Waals surface area contributed by atoms with Gasteiger partial charge in [-0.15, -0.1) is 0 Å². The molecule has 29 heavy (non-hydrogen) atoms. The summed E-state index contributed by atoms with van der Waals surface area (Å²) in [6.45, 7) is 0.190. The van der Waals surface area contributed by atoms with Crippen molar-refractivity contribution in [2.75, 3.05) is 14.2 Å². The summed E-state index contributed by atoms with van der Waals surface area (Å²) < 4.78 is 21.0. The van der Waals surface area contributed by atoms with E-state index in [9.17, 15) is 9.59 Å². The monoisotopic (exact) mass is 392 g/mol. The van der Waals surface area contributed by atoms with Crippen LogP contribution in [0.25, 0.3) is 0 Å². The van der Waals surface area contributed by atoms with Crippen LogP contribution in [0.5, 0.6) is 17.2 Å². The van der Waals surface area contributed by atoms with Crippen LogP contribution in [0.15, 0.2) is 72.8 Å². The van der Waals surface area contributed by atoms with Gasteiger partial charge in [0.1, 0.15) is 12.4 Å². The highest BCUT2D eigenvalue weighted by Crippen LogP contribution is 2.28. The standard InChI is InChI=1S/C23H20O6/c1-26-20-13-10-18(14-21(20)27-2)23(25)29-19-11-8-17(9-12-19)22(24)28-15-16-6-4-3-5-7-16/h3-14H,15H2,1-2H3. The maximum absolute atomic E-state index is 12.3. The van der Waals surface area contributed by atoms with E-state index in [1.54, 1.807) is 24.3 Å². The van der Waals surface area contributed by atoms with Crippen molar-refractivity contribution in [2.24, 2.45) is 0 Å². The van der Waals surface area contributed by atoms with Gasteiger partial charge in [-0.1, -0.05) is 30.3 Å². The number of ether oxygens (including phenoxy) is 4.